The molecule has 1 aromatic carbocycles. The van der Waals surface area contributed by atoms with Crippen LogP contribution in [0.5, 0.6) is 5.75 Å². The number of para-hydroxylation sites is 1. The summed E-state index contributed by atoms with van der Waals surface area (Å²) in [6.45, 7) is 4.48. The summed E-state index contributed by atoms with van der Waals surface area (Å²) in [5.41, 5.74) is 1.42. The molecule has 1 aliphatic carbocycles. The zero-order chi connectivity index (χ0) is 11.3. The number of ether oxygens (including phenoxy) is 1. The summed E-state index contributed by atoms with van der Waals surface area (Å²) in [6, 6.07) is 6.16. The van der Waals surface area contributed by atoms with Gasteiger partial charge in [-0.15, -0.1) is 0 Å². The van der Waals surface area contributed by atoms with Crippen LogP contribution in [-0.2, 0) is 5.60 Å². The van der Waals surface area contributed by atoms with Crippen LogP contribution in [0.2, 0.25) is 0 Å². The van der Waals surface area contributed by atoms with E-state index in [0.29, 0.717) is 12.5 Å². The topological polar surface area (TPSA) is 29.5 Å². The molecule has 2 atom stereocenters. The zero-order valence-corrected chi connectivity index (χ0v) is 9.86. The molecule has 2 aliphatic rings. The van der Waals surface area contributed by atoms with E-state index in [9.17, 15) is 5.11 Å². The summed E-state index contributed by atoms with van der Waals surface area (Å²) in [5.74, 6) is 2.32. The summed E-state index contributed by atoms with van der Waals surface area (Å²) in [5, 5.41) is 10.2. The molecular formula is C14H18O2. The van der Waals surface area contributed by atoms with Gasteiger partial charge in [-0.25, -0.2) is 0 Å². The Morgan fingerprint density at radius 2 is 2.19 bits per heavy atom. The minimum atomic E-state index is -0.811. The lowest BCUT2D eigenvalue weighted by atomic mass is 9.90. The molecule has 2 nitrogen and oxygen atoms in total. The number of fused-ring (bicyclic) bond motifs is 1. The Morgan fingerprint density at radius 3 is 2.88 bits per heavy atom. The van der Waals surface area contributed by atoms with E-state index in [1.165, 1.54) is 18.4 Å². The predicted octanol–water partition coefficient (Wildman–Crippen LogP) is 2.80. The average molecular weight is 218 g/mol. The van der Waals surface area contributed by atoms with Crippen LogP contribution >= 0.6 is 0 Å². The number of hydrogen-bond acceptors (Lipinski definition) is 2. The van der Waals surface area contributed by atoms with Gasteiger partial charge in [0.1, 0.15) is 18.0 Å². The van der Waals surface area contributed by atoms with Crippen molar-refractivity contribution in [3.05, 3.63) is 29.3 Å². The number of hydrogen-bond donors (Lipinski definition) is 1. The Labute approximate surface area is 96.2 Å². The molecule has 0 aromatic heterocycles. The fourth-order valence-corrected chi connectivity index (χ4v) is 2.64. The molecule has 1 heterocycles. The second-order valence-electron chi connectivity index (χ2n) is 5.41. The molecule has 0 amide bonds. The van der Waals surface area contributed by atoms with Crippen LogP contribution < -0.4 is 4.74 Å². The smallest absolute Gasteiger partial charge is 0.129 e. The van der Waals surface area contributed by atoms with Gasteiger partial charge >= 0.3 is 0 Å². The lowest BCUT2D eigenvalue weighted by molar-refractivity contribution is 0.0348. The van der Waals surface area contributed by atoms with Crippen molar-refractivity contribution in [2.24, 2.45) is 5.92 Å². The molecule has 16 heavy (non-hydrogen) atoms. The lowest BCUT2D eigenvalue weighted by Crippen LogP contribution is -2.22. The van der Waals surface area contributed by atoms with Gasteiger partial charge in [-0.2, -0.15) is 0 Å². The third-order valence-electron chi connectivity index (χ3n) is 3.94. The Balaban J connectivity index is 2.04. The quantitative estimate of drug-likeness (QED) is 0.827. The molecule has 0 saturated heterocycles. The number of benzene rings is 1. The van der Waals surface area contributed by atoms with Crippen molar-refractivity contribution in [3.63, 3.8) is 0 Å². The van der Waals surface area contributed by atoms with Crippen molar-refractivity contribution >= 4 is 0 Å². The highest BCUT2D eigenvalue weighted by Crippen LogP contribution is 2.48. The van der Waals surface area contributed by atoms with Gasteiger partial charge in [0.2, 0.25) is 0 Å². The standard InChI is InChI=1S/C14H18O2/c1-9(10-6-7-10)11-4-3-5-12-13(11)16-8-14(12,2)15/h3-5,9-10,15H,6-8H2,1-2H3/t9?,14-/m1/s1. The van der Waals surface area contributed by atoms with Crippen molar-refractivity contribution in [2.45, 2.75) is 38.2 Å². The fourth-order valence-electron chi connectivity index (χ4n) is 2.64. The van der Waals surface area contributed by atoms with Gasteiger partial charge in [0, 0.05) is 5.56 Å². The normalized spacial score (nSPS) is 29.7. The number of aliphatic hydroxyl groups is 1. The Bertz CT molecular complexity index is 419. The van der Waals surface area contributed by atoms with Gasteiger partial charge in [0.05, 0.1) is 0 Å². The summed E-state index contributed by atoms with van der Waals surface area (Å²) >= 11 is 0. The van der Waals surface area contributed by atoms with Crippen LogP contribution in [0.1, 0.15) is 43.7 Å². The first-order valence-corrected chi connectivity index (χ1v) is 6.08. The first-order valence-electron chi connectivity index (χ1n) is 6.08. The second kappa shape index (κ2) is 3.24. The van der Waals surface area contributed by atoms with E-state index >= 15 is 0 Å². The number of rotatable bonds is 2. The Kier molecular flexibility index (Phi) is 2.05. The van der Waals surface area contributed by atoms with Crippen LogP contribution in [0.25, 0.3) is 0 Å². The monoisotopic (exact) mass is 218 g/mol. The van der Waals surface area contributed by atoms with E-state index < -0.39 is 5.60 Å². The van der Waals surface area contributed by atoms with E-state index in [1.54, 1.807) is 0 Å². The molecule has 2 heteroatoms. The molecule has 0 radical (unpaired) electrons. The maximum Gasteiger partial charge on any atom is 0.129 e. The lowest BCUT2D eigenvalue weighted by Gasteiger charge is -2.16. The first kappa shape index (κ1) is 10.2. The summed E-state index contributed by atoms with van der Waals surface area (Å²) < 4.78 is 5.69. The summed E-state index contributed by atoms with van der Waals surface area (Å²) in [4.78, 5) is 0. The summed E-state index contributed by atoms with van der Waals surface area (Å²) in [7, 11) is 0. The van der Waals surface area contributed by atoms with Gasteiger partial charge in [-0.3, -0.25) is 0 Å². The highest BCUT2D eigenvalue weighted by molar-refractivity contribution is 5.49. The van der Waals surface area contributed by atoms with Crippen molar-refractivity contribution in [1.82, 2.24) is 0 Å². The molecule has 1 unspecified atom stereocenters. The molecule has 0 bridgehead atoms. The zero-order valence-electron chi connectivity index (χ0n) is 9.86. The van der Waals surface area contributed by atoms with Crippen LogP contribution in [0.3, 0.4) is 0 Å². The van der Waals surface area contributed by atoms with E-state index in [0.717, 1.165) is 17.2 Å². The molecule has 3 rings (SSSR count). The van der Waals surface area contributed by atoms with E-state index in [1.807, 2.05) is 19.1 Å². The molecule has 1 fully saturated rings. The van der Waals surface area contributed by atoms with Crippen LogP contribution in [0.15, 0.2) is 18.2 Å². The van der Waals surface area contributed by atoms with Gasteiger partial charge in [0.25, 0.3) is 0 Å². The van der Waals surface area contributed by atoms with Crippen molar-refractivity contribution < 1.29 is 9.84 Å². The minimum absolute atomic E-state index is 0.386. The minimum Gasteiger partial charge on any atom is -0.490 e. The third kappa shape index (κ3) is 1.44. The van der Waals surface area contributed by atoms with Gasteiger partial charge in [-0.1, -0.05) is 25.1 Å². The molecule has 1 N–H and O–H groups in total. The van der Waals surface area contributed by atoms with Gasteiger partial charge in [0.15, 0.2) is 0 Å². The Morgan fingerprint density at radius 1 is 1.44 bits per heavy atom. The third-order valence-corrected chi connectivity index (χ3v) is 3.94. The maximum atomic E-state index is 10.2. The van der Waals surface area contributed by atoms with Gasteiger partial charge in [-0.05, 0) is 37.2 Å². The molecule has 1 aliphatic heterocycles. The highest BCUT2D eigenvalue weighted by Gasteiger charge is 2.38. The summed E-state index contributed by atoms with van der Waals surface area (Å²) in [6.07, 6.45) is 2.67. The van der Waals surface area contributed by atoms with Crippen molar-refractivity contribution in [1.29, 1.82) is 0 Å². The van der Waals surface area contributed by atoms with E-state index in [-0.39, 0.29) is 0 Å². The molecule has 1 saturated carbocycles. The second-order valence-corrected chi connectivity index (χ2v) is 5.41. The van der Waals surface area contributed by atoms with Gasteiger partial charge < -0.3 is 9.84 Å². The molecule has 86 valence electrons. The molecule has 1 aromatic rings. The average Bonchev–Trinajstić information content (AvgIpc) is 3.05. The highest BCUT2D eigenvalue weighted by atomic mass is 16.5. The largest absolute Gasteiger partial charge is 0.490 e. The fraction of sp³-hybridized carbons (Fsp3) is 0.571. The van der Waals surface area contributed by atoms with Crippen molar-refractivity contribution in [3.8, 4) is 5.75 Å². The van der Waals surface area contributed by atoms with Crippen molar-refractivity contribution in [2.75, 3.05) is 6.61 Å². The molecule has 0 spiro atoms. The molecular weight excluding hydrogens is 200 g/mol. The van der Waals surface area contributed by atoms with Crippen LogP contribution in [0.4, 0.5) is 0 Å². The van der Waals surface area contributed by atoms with Crippen LogP contribution in [-0.4, -0.2) is 11.7 Å². The Hall–Kier alpha value is -1.02. The van der Waals surface area contributed by atoms with Crippen LogP contribution in [0, 0.1) is 5.92 Å². The van der Waals surface area contributed by atoms with E-state index in [2.05, 4.69) is 13.0 Å². The predicted molar refractivity (Wildman–Crippen MR) is 62.6 cm³/mol. The van der Waals surface area contributed by atoms with E-state index in [4.69, 9.17) is 4.74 Å². The first-order chi connectivity index (χ1) is 7.59. The maximum absolute atomic E-state index is 10.2. The SMILES string of the molecule is CC(c1cccc2c1OC[C@@]2(C)O)C1CC1.